The summed E-state index contributed by atoms with van der Waals surface area (Å²) in [6, 6.07) is 10.6. The summed E-state index contributed by atoms with van der Waals surface area (Å²) in [4.78, 5) is 12.6. The monoisotopic (exact) mass is 377 g/mol. The predicted octanol–water partition coefficient (Wildman–Crippen LogP) is 4.32. The zero-order valence-electron chi connectivity index (χ0n) is 15.5. The number of ether oxygens (including phenoxy) is 3. The number of hydrogen-bond donors (Lipinski definition) is 1. The third-order valence-corrected chi connectivity index (χ3v) is 4.05. The summed E-state index contributed by atoms with van der Waals surface area (Å²) in [5.74, 6) is 1.81. The molecule has 0 aliphatic heterocycles. The Hall–Kier alpha value is -2.40. The van der Waals surface area contributed by atoms with E-state index in [-0.39, 0.29) is 12.5 Å². The molecule has 0 atom stereocenters. The smallest absolute Gasteiger partial charge is 0.255 e. The zero-order chi connectivity index (χ0) is 19.1. The lowest BCUT2D eigenvalue weighted by Crippen LogP contribution is -2.24. The minimum atomic E-state index is -0.227. The summed E-state index contributed by atoms with van der Waals surface area (Å²) in [5.41, 5.74) is 1.22. The number of halogens is 1. The quantitative estimate of drug-likeness (QED) is 0.744. The Morgan fingerprint density at radius 2 is 1.73 bits per heavy atom. The van der Waals surface area contributed by atoms with Crippen LogP contribution in [0.3, 0.4) is 0 Å². The molecule has 26 heavy (non-hydrogen) atoms. The van der Waals surface area contributed by atoms with Crippen LogP contribution in [0, 0.1) is 5.92 Å². The van der Waals surface area contributed by atoms with Crippen molar-refractivity contribution < 1.29 is 19.0 Å². The highest BCUT2D eigenvalue weighted by molar-refractivity contribution is 6.31. The lowest BCUT2D eigenvalue weighted by atomic mass is 10.1. The average Bonchev–Trinajstić information content (AvgIpc) is 2.64. The number of nitrogens with one attached hydrogen (secondary N) is 1. The van der Waals surface area contributed by atoms with Crippen LogP contribution in [-0.2, 0) is 6.54 Å². The second kappa shape index (κ2) is 9.34. The maximum atomic E-state index is 12.6. The molecule has 1 amide bonds. The van der Waals surface area contributed by atoms with E-state index in [0.717, 1.165) is 5.56 Å². The molecule has 0 saturated carbocycles. The SMILES string of the molecule is COc1cc(Cl)c(CNC(=O)c2ccccc2OCC(C)C)cc1OC. The van der Waals surface area contributed by atoms with Gasteiger partial charge < -0.3 is 19.5 Å². The molecule has 0 aromatic heterocycles. The molecule has 0 radical (unpaired) electrons. The third kappa shape index (κ3) is 5.05. The highest BCUT2D eigenvalue weighted by atomic mass is 35.5. The minimum absolute atomic E-state index is 0.227. The Labute approximate surface area is 159 Å². The van der Waals surface area contributed by atoms with E-state index >= 15 is 0 Å². The van der Waals surface area contributed by atoms with Gasteiger partial charge in [0.25, 0.3) is 5.91 Å². The summed E-state index contributed by atoms with van der Waals surface area (Å²) >= 11 is 6.27. The number of methoxy groups -OCH3 is 2. The fraction of sp³-hybridized carbons (Fsp3) is 0.350. The van der Waals surface area contributed by atoms with Crippen LogP contribution >= 0.6 is 11.6 Å². The van der Waals surface area contributed by atoms with Gasteiger partial charge in [0.15, 0.2) is 11.5 Å². The van der Waals surface area contributed by atoms with E-state index in [1.807, 2.05) is 6.07 Å². The molecular formula is C20H24ClNO4. The summed E-state index contributed by atoms with van der Waals surface area (Å²) < 4.78 is 16.2. The van der Waals surface area contributed by atoms with Gasteiger partial charge in [-0.25, -0.2) is 0 Å². The molecule has 0 saturated heterocycles. The number of rotatable bonds is 8. The summed E-state index contributed by atoms with van der Waals surface area (Å²) in [5, 5.41) is 3.37. The van der Waals surface area contributed by atoms with Crippen molar-refractivity contribution in [3.05, 3.63) is 52.5 Å². The van der Waals surface area contributed by atoms with Crippen molar-refractivity contribution in [1.29, 1.82) is 0 Å². The third-order valence-electron chi connectivity index (χ3n) is 3.70. The summed E-state index contributed by atoms with van der Waals surface area (Å²) in [6.45, 7) is 4.92. The fourth-order valence-corrected chi connectivity index (χ4v) is 2.56. The first kappa shape index (κ1) is 19.9. The molecule has 2 rings (SSSR count). The largest absolute Gasteiger partial charge is 0.493 e. The molecule has 2 aromatic rings. The van der Waals surface area contributed by atoms with E-state index in [2.05, 4.69) is 19.2 Å². The van der Waals surface area contributed by atoms with Crippen molar-refractivity contribution in [1.82, 2.24) is 5.32 Å². The molecule has 0 spiro atoms. The number of benzene rings is 2. The first-order valence-electron chi connectivity index (χ1n) is 8.36. The maximum absolute atomic E-state index is 12.6. The highest BCUT2D eigenvalue weighted by Gasteiger charge is 2.14. The van der Waals surface area contributed by atoms with E-state index in [4.69, 9.17) is 25.8 Å². The van der Waals surface area contributed by atoms with E-state index in [0.29, 0.717) is 40.4 Å². The molecule has 0 unspecified atom stereocenters. The van der Waals surface area contributed by atoms with Crippen molar-refractivity contribution >= 4 is 17.5 Å². The van der Waals surface area contributed by atoms with Gasteiger partial charge in [0.2, 0.25) is 0 Å². The van der Waals surface area contributed by atoms with Crippen LogP contribution in [0.15, 0.2) is 36.4 Å². The fourth-order valence-electron chi connectivity index (χ4n) is 2.34. The lowest BCUT2D eigenvalue weighted by Gasteiger charge is -2.14. The second-order valence-electron chi connectivity index (χ2n) is 6.18. The Morgan fingerprint density at radius 3 is 2.38 bits per heavy atom. The first-order chi connectivity index (χ1) is 12.5. The predicted molar refractivity (Wildman–Crippen MR) is 103 cm³/mol. The van der Waals surface area contributed by atoms with Crippen LogP contribution in [-0.4, -0.2) is 26.7 Å². The van der Waals surface area contributed by atoms with E-state index in [1.165, 1.54) is 0 Å². The Kier molecular flexibility index (Phi) is 7.16. The van der Waals surface area contributed by atoms with E-state index < -0.39 is 0 Å². The molecule has 0 fully saturated rings. The van der Waals surface area contributed by atoms with Gasteiger partial charge in [-0.15, -0.1) is 0 Å². The normalized spacial score (nSPS) is 10.5. The van der Waals surface area contributed by atoms with Crippen LogP contribution in [0.5, 0.6) is 17.2 Å². The van der Waals surface area contributed by atoms with Gasteiger partial charge in [-0.3, -0.25) is 4.79 Å². The molecule has 0 aliphatic carbocycles. The molecule has 140 valence electrons. The summed E-state index contributed by atoms with van der Waals surface area (Å²) in [6.07, 6.45) is 0. The molecule has 0 aliphatic rings. The van der Waals surface area contributed by atoms with Crippen molar-refractivity contribution in [2.45, 2.75) is 20.4 Å². The van der Waals surface area contributed by atoms with Gasteiger partial charge in [-0.05, 0) is 29.7 Å². The summed E-state index contributed by atoms with van der Waals surface area (Å²) in [7, 11) is 3.10. The molecule has 5 nitrogen and oxygen atoms in total. The number of para-hydroxylation sites is 1. The Morgan fingerprint density at radius 1 is 1.08 bits per heavy atom. The lowest BCUT2D eigenvalue weighted by molar-refractivity contribution is 0.0946. The Bertz CT molecular complexity index is 761. The van der Waals surface area contributed by atoms with Crippen molar-refractivity contribution in [2.24, 2.45) is 5.92 Å². The number of amides is 1. The minimum Gasteiger partial charge on any atom is -0.493 e. The van der Waals surface area contributed by atoms with Gasteiger partial charge in [-0.1, -0.05) is 37.6 Å². The number of carbonyl (C=O) groups is 1. The van der Waals surface area contributed by atoms with E-state index in [1.54, 1.807) is 44.6 Å². The molecule has 1 N–H and O–H groups in total. The van der Waals surface area contributed by atoms with Crippen molar-refractivity contribution in [3.8, 4) is 17.2 Å². The first-order valence-corrected chi connectivity index (χ1v) is 8.74. The Balaban J connectivity index is 2.12. The van der Waals surface area contributed by atoms with Gasteiger partial charge >= 0.3 is 0 Å². The maximum Gasteiger partial charge on any atom is 0.255 e. The number of hydrogen-bond acceptors (Lipinski definition) is 4. The molecule has 0 bridgehead atoms. The van der Waals surface area contributed by atoms with Crippen molar-refractivity contribution in [3.63, 3.8) is 0 Å². The van der Waals surface area contributed by atoms with Crippen LogP contribution in [0.2, 0.25) is 5.02 Å². The molecule has 6 heteroatoms. The molecular weight excluding hydrogens is 354 g/mol. The van der Waals surface area contributed by atoms with Gasteiger partial charge in [-0.2, -0.15) is 0 Å². The van der Waals surface area contributed by atoms with Crippen LogP contribution in [0.1, 0.15) is 29.8 Å². The zero-order valence-corrected chi connectivity index (χ0v) is 16.2. The van der Waals surface area contributed by atoms with E-state index in [9.17, 15) is 4.79 Å². The van der Waals surface area contributed by atoms with Gasteiger partial charge in [0.05, 0.1) is 26.4 Å². The van der Waals surface area contributed by atoms with Crippen LogP contribution < -0.4 is 19.5 Å². The van der Waals surface area contributed by atoms with Crippen LogP contribution in [0.4, 0.5) is 0 Å². The number of carbonyl (C=O) groups excluding carboxylic acids is 1. The topological polar surface area (TPSA) is 56.8 Å². The highest BCUT2D eigenvalue weighted by Crippen LogP contribution is 2.33. The van der Waals surface area contributed by atoms with Crippen LogP contribution in [0.25, 0.3) is 0 Å². The van der Waals surface area contributed by atoms with Crippen molar-refractivity contribution in [2.75, 3.05) is 20.8 Å². The van der Waals surface area contributed by atoms with Gasteiger partial charge in [0, 0.05) is 17.6 Å². The standard InChI is InChI=1S/C20H24ClNO4/c1-13(2)12-26-17-8-6-5-7-15(17)20(23)22-11-14-9-18(24-3)19(25-4)10-16(14)21/h5-10,13H,11-12H2,1-4H3,(H,22,23). The molecule has 2 aromatic carbocycles. The molecule has 0 heterocycles. The second-order valence-corrected chi connectivity index (χ2v) is 6.59. The average molecular weight is 378 g/mol. The van der Waals surface area contributed by atoms with Gasteiger partial charge in [0.1, 0.15) is 5.75 Å².